The lowest BCUT2D eigenvalue weighted by Gasteiger charge is -2.07. The first kappa shape index (κ1) is 8.68. The van der Waals surface area contributed by atoms with Crippen LogP contribution in [0.3, 0.4) is 0 Å². The second-order valence-electron chi connectivity index (χ2n) is 2.00. The molecule has 1 atom stereocenters. The molecule has 0 saturated heterocycles. The summed E-state index contributed by atoms with van der Waals surface area (Å²) >= 11 is 3.18. The van der Waals surface area contributed by atoms with Crippen LogP contribution in [0.15, 0.2) is 30.3 Å². The van der Waals surface area contributed by atoms with Crippen LogP contribution >= 0.6 is 15.9 Å². The van der Waals surface area contributed by atoms with E-state index in [9.17, 15) is 4.39 Å². The third-order valence-electron chi connectivity index (χ3n) is 1.27. The summed E-state index contributed by atoms with van der Waals surface area (Å²) in [4.78, 5) is 0. The highest BCUT2D eigenvalue weighted by atomic mass is 79.9. The number of alkyl halides is 2. The molecule has 0 aliphatic rings. The zero-order valence-corrected chi connectivity index (χ0v) is 7.42. The first-order valence-electron chi connectivity index (χ1n) is 3.21. The van der Waals surface area contributed by atoms with Gasteiger partial charge >= 0.3 is 0 Å². The molecule has 1 aromatic carbocycles. The quantitative estimate of drug-likeness (QED) is 0.710. The number of ether oxygens (including phenoxy) is 1. The fraction of sp³-hybridized carbons (Fsp3) is 0.250. The molecule has 1 nitrogen and oxygen atoms in total. The first-order valence-corrected chi connectivity index (χ1v) is 4.12. The molecule has 11 heavy (non-hydrogen) atoms. The van der Waals surface area contributed by atoms with Crippen LogP contribution in [0.2, 0.25) is 0 Å². The zero-order chi connectivity index (χ0) is 8.10. The van der Waals surface area contributed by atoms with E-state index in [0.717, 1.165) is 5.56 Å². The molecule has 0 aliphatic carbocycles. The van der Waals surface area contributed by atoms with Gasteiger partial charge in [0.1, 0.15) is 5.01 Å². The maximum Gasteiger partial charge on any atom is 0.190 e. The van der Waals surface area contributed by atoms with Gasteiger partial charge in [-0.15, -0.1) is 0 Å². The predicted octanol–water partition coefficient (Wildman–Crippen LogP) is 3.02. The Morgan fingerprint density at radius 1 is 1.36 bits per heavy atom. The molecule has 3 heteroatoms. The van der Waals surface area contributed by atoms with Crippen molar-refractivity contribution >= 4 is 15.9 Å². The van der Waals surface area contributed by atoms with Gasteiger partial charge in [0.15, 0.2) is 6.86 Å². The summed E-state index contributed by atoms with van der Waals surface area (Å²) in [6.07, 6.45) is 0. The largest absolute Gasteiger partial charge is 0.331 e. The van der Waals surface area contributed by atoms with Crippen LogP contribution in [0.25, 0.3) is 0 Å². The number of rotatable bonds is 3. The van der Waals surface area contributed by atoms with Gasteiger partial charge in [-0.3, -0.25) is 0 Å². The second-order valence-corrected chi connectivity index (χ2v) is 2.83. The van der Waals surface area contributed by atoms with Crippen LogP contribution in [-0.2, 0) is 4.74 Å². The fourth-order valence-electron chi connectivity index (χ4n) is 0.756. The molecule has 0 spiro atoms. The summed E-state index contributed by atoms with van der Waals surface area (Å²) in [5.41, 5.74) is 0.921. The predicted molar refractivity (Wildman–Crippen MR) is 45.2 cm³/mol. The molecule has 1 unspecified atom stereocenters. The average molecular weight is 219 g/mol. The SMILES string of the molecule is FCOC(Br)c1ccccc1. The fourth-order valence-corrected chi connectivity index (χ4v) is 1.16. The Labute approximate surface area is 73.3 Å². The van der Waals surface area contributed by atoms with Gasteiger partial charge < -0.3 is 4.74 Å². The van der Waals surface area contributed by atoms with Crippen molar-refractivity contribution in [3.05, 3.63) is 35.9 Å². The Bertz CT molecular complexity index is 203. The van der Waals surface area contributed by atoms with Crippen LogP contribution in [0.4, 0.5) is 4.39 Å². The van der Waals surface area contributed by atoms with Gasteiger partial charge in [0.05, 0.1) is 0 Å². The van der Waals surface area contributed by atoms with Crippen LogP contribution in [-0.4, -0.2) is 6.86 Å². The summed E-state index contributed by atoms with van der Waals surface area (Å²) in [7, 11) is 0. The smallest absolute Gasteiger partial charge is 0.190 e. The molecule has 0 amide bonds. The maximum absolute atomic E-state index is 11.7. The Kier molecular flexibility index (Phi) is 3.52. The molecule has 0 aromatic heterocycles. The first-order chi connectivity index (χ1) is 5.34. The van der Waals surface area contributed by atoms with Gasteiger partial charge in [-0.1, -0.05) is 46.3 Å². The van der Waals surface area contributed by atoms with Crippen molar-refractivity contribution in [3.8, 4) is 0 Å². The monoisotopic (exact) mass is 218 g/mol. The number of halogens is 2. The molecule has 0 bridgehead atoms. The molecule has 0 aliphatic heterocycles. The molecule has 1 rings (SSSR count). The van der Waals surface area contributed by atoms with E-state index in [-0.39, 0.29) is 5.01 Å². The van der Waals surface area contributed by atoms with Gasteiger partial charge in [0.25, 0.3) is 0 Å². The summed E-state index contributed by atoms with van der Waals surface area (Å²) in [5, 5.41) is -0.339. The van der Waals surface area contributed by atoms with E-state index in [1.807, 2.05) is 30.3 Å². The molecule has 0 fully saturated rings. The van der Waals surface area contributed by atoms with E-state index in [0.29, 0.717) is 0 Å². The van der Waals surface area contributed by atoms with Gasteiger partial charge in [-0.2, -0.15) is 0 Å². The normalized spacial score (nSPS) is 12.9. The highest BCUT2D eigenvalue weighted by molar-refractivity contribution is 9.09. The molecule has 0 saturated carbocycles. The Hall–Kier alpha value is -0.410. The van der Waals surface area contributed by atoms with Crippen molar-refractivity contribution in [1.29, 1.82) is 0 Å². The summed E-state index contributed by atoms with van der Waals surface area (Å²) in [6, 6.07) is 9.40. The Morgan fingerprint density at radius 2 is 2.00 bits per heavy atom. The standard InChI is InChI=1S/C8H8BrFO/c9-8(11-6-10)7-4-2-1-3-5-7/h1-5,8H,6H2. The van der Waals surface area contributed by atoms with Crippen molar-refractivity contribution < 1.29 is 9.13 Å². The molecule has 0 N–H and O–H groups in total. The van der Waals surface area contributed by atoms with Crippen LogP contribution < -0.4 is 0 Å². The summed E-state index contributed by atoms with van der Waals surface area (Å²) in [6.45, 7) is -0.773. The van der Waals surface area contributed by atoms with Crippen molar-refractivity contribution in [1.82, 2.24) is 0 Å². The highest BCUT2D eigenvalue weighted by Gasteiger charge is 2.04. The number of benzene rings is 1. The van der Waals surface area contributed by atoms with Gasteiger partial charge in [0.2, 0.25) is 0 Å². The lowest BCUT2D eigenvalue weighted by molar-refractivity contribution is 0.0440. The van der Waals surface area contributed by atoms with E-state index in [1.165, 1.54) is 0 Å². The Morgan fingerprint density at radius 3 is 2.55 bits per heavy atom. The zero-order valence-electron chi connectivity index (χ0n) is 5.84. The molecular formula is C8H8BrFO. The van der Waals surface area contributed by atoms with E-state index in [1.54, 1.807) is 0 Å². The summed E-state index contributed by atoms with van der Waals surface area (Å²) in [5.74, 6) is 0. The summed E-state index contributed by atoms with van der Waals surface area (Å²) < 4.78 is 16.4. The third kappa shape index (κ3) is 2.60. The van der Waals surface area contributed by atoms with E-state index >= 15 is 0 Å². The number of hydrogen-bond acceptors (Lipinski definition) is 1. The minimum atomic E-state index is -0.773. The average Bonchev–Trinajstić information content (AvgIpc) is 2.07. The molecule has 1 aromatic rings. The molecular weight excluding hydrogens is 211 g/mol. The minimum Gasteiger partial charge on any atom is -0.331 e. The van der Waals surface area contributed by atoms with E-state index in [2.05, 4.69) is 20.7 Å². The van der Waals surface area contributed by atoms with Crippen molar-refractivity contribution in [2.45, 2.75) is 5.01 Å². The Balaban J connectivity index is 2.61. The third-order valence-corrected chi connectivity index (χ3v) is 2.06. The van der Waals surface area contributed by atoms with Gasteiger partial charge in [-0.05, 0) is 5.56 Å². The molecule has 0 heterocycles. The lowest BCUT2D eigenvalue weighted by atomic mass is 10.2. The van der Waals surface area contributed by atoms with Crippen molar-refractivity contribution in [3.63, 3.8) is 0 Å². The maximum atomic E-state index is 11.7. The topological polar surface area (TPSA) is 9.23 Å². The van der Waals surface area contributed by atoms with Crippen molar-refractivity contribution in [2.75, 3.05) is 6.86 Å². The van der Waals surface area contributed by atoms with E-state index in [4.69, 9.17) is 0 Å². The van der Waals surface area contributed by atoms with Gasteiger partial charge in [0, 0.05) is 0 Å². The minimum absolute atomic E-state index is 0.339. The highest BCUT2D eigenvalue weighted by Crippen LogP contribution is 2.23. The second kappa shape index (κ2) is 4.46. The van der Waals surface area contributed by atoms with Crippen LogP contribution in [0.5, 0.6) is 0 Å². The van der Waals surface area contributed by atoms with Gasteiger partial charge in [-0.25, -0.2) is 4.39 Å². The number of hydrogen-bond donors (Lipinski definition) is 0. The van der Waals surface area contributed by atoms with Crippen LogP contribution in [0, 0.1) is 0 Å². The molecule has 0 radical (unpaired) electrons. The van der Waals surface area contributed by atoms with Crippen molar-refractivity contribution in [2.24, 2.45) is 0 Å². The molecule has 60 valence electrons. The lowest BCUT2D eigenvalue weighted by Crippen LogP contribution is -1.94. The van der Waals surface area contributed by atoms with E-state index < -0.39 is 6.86 Å². The van der Waals surface area contributed by atoms with Crippen LogP contribution in [0.1, 0.15) is 10.6 Å².